The molecule has 0 atom stereocenters. The van der Waals surface area contributed by atoms with Crippen LogP contribution in [-0.4, -0.2) is 25.2 Å². The van der Waals surface area contributed by atoms with E-state index in [4.69, 9.17) is 20.6 Å². The number of halogens is 1. The van der Waals surface area contributed by atoms with Crippen molar-refractivity contribution in [3.05, 3.63) is 35.1 Å². The average Bonchev–Trinajstić information content (AvgIpc) is 2.29. The summed E-state index contributed by atoms with van der Waals surface area (Å²) in [5.41, 5.74) is 6.09. The largest absolute Gasteiger partial charge is 0.384 e. The van der Waals surface area contributed by atoms with Gasteiger partial charge in [0.05, 0.1) is 25.9 Å². The molecule has 5 heteroatoms. The van der Waals surface area contributed by atoms with E-state index in [9.17, 15) is 4.39 Å². The summed E-state index contributed by atoms with van der Waals surface area (Å²) in [6.45, 7) is 4.99. The number of nitrogen functional groups attached to an aromatic ring is 1. The summed E-state index contributed by atoms with van der Waals surface area (Å²) in [6, 6.07) is 4.43. The summed E-state index contributed by atoms with van der Waals surface area (Å²) >= 11 is 0. The maximum Gasteiger partial charge on any atom is 0.129 e. The third kappa shape index (κ3) is 4.81. The van der Waals surface area contributed by atoms with Crippen molar-refractivity contribution in [3.63, 3.8) is 0 Å². The first kappa shape index (κ1) is 14.6. The number of rotatable bonds is 7. The third-order valence-electron chi connectivity index (χ3n) is 2.30. The lowest BCUT2D eigenvalue weighted by molar-refractivity contribution is 0.0137. The van der Waals surface area contributed by atoms with E-state index in [1.165, 1.54) is 6.07 Å². The summed E-state index contributed by atoms with van der Waals surface area (Å²) < 4.78 is 24.2. The average molecular weight is 254 g/mol. The van der Waals surface area contributed by atoms with E-state index in [0.29, 0.717) is 24.3 Å². The zero-order valence-corrected chi connectivity index (χ0v) is 10.7. The Hall–Kier alpha value is -1.46. The highest BCUT2D eigenvalue weighted by atomic mass is 19.1. The number of hydrogen-bond donors (Lipinski definition) is 2. The minimum atomic E-state index is -0.410. The number of amidine groups is 1. The Balaban J connectivity index is 2.41. The molecule has 0 aliphatic heterocycles. The van der Waals surface area contributed by atoms with Gasteiger partial charge in [0.1, 0.15) is 11.7 Å². The second-order valence-corrected chi connectivity index (χ2v) is 4.19. The van der Waals surface area contributed by atoms with Crippen LogP contribution in [0, 0.1) is 11.2 Å². The van der Waals surface area contributed by atoms with Gasteiger partial charge in [-0.25, -0.2) is 4.39 Å². The van der Waals surface area contributed by atoms with Crippen LogP contribution in [-0.2, 0) is 16.1 Å². The minimum absolute atomic E-state index is 0.147. The Morgan fingerprint density at radius 3 is 2.67 bits per heavy atom. The number of nitrogens with one attached hydrogen (secondary N) is 1. The van der Waals surface area contributed by atoms with Crippen molar-refractivity contribution in [3.8, 4) is 0 Å². The third-order valence-corrected chi connectivity index (χ3v) is 2.30. The molecule has 0 heterocycles. The molecule has 0 radical (unpaired) electrons. The zero-order chi connectivity index (χ0) is 13.5. The van der Waals surface area contributed by atoms with Crippen molar-refractivity contribution in [2.75, 3.05) is 13.2 Å². The van der Waals surface area contributed by atoms with Crippen LogP contribution < -0.4 is 5.73 Å². The van der Waals surface area contributed by atoms with E-state index in [2.05, 4.69) is 0 Å². The van der Waals surface area contributed by atoms with Crippen molar-refractivity contribution in [1.29, 1.82) is 5.41 Å². The van der Waals surface area contributed by atoms with Crippen LogP contribution in [0.2, 0.25) is 0 Å². The van der Waals surface area contributed by atoms with Gasteiger partial charge in [0.2, 0.25) is 0 Å². The summed E-state index contributed by atoms with van der Waals surface area (Å²) in [4.78, 5) is 0. The summed E-state index contributed by atoms with van der Waals surface area (Å²) in [7, 11) is 0. The first-order chi connectivity index (χ1) is 8.50. The van der Waals surface area contributed by atoms with Gasteiger partial charge in [-0.1, -0.05) is 12.1 Å². The van der Waals surface area contributed by atoms with Gasteiger partial charge in [0.15, 0.2) is 0 Å². The molecular weight excluding hydrogens is 235 g/mol. The molecule has 0 aromatic heterocycles. The highest BCUT2D eigenvalue weighted by Crippen LogP contribution is 2.11. The van der Waals surface area contributed by atoms with E-state index < -0.39 is 5.82 Å². The van der Waals surface area contributed by atoms with Crippen molar-refractivity contribution in [2.45, 2.75) is 26.6 Å². The van der Waals surface area contributed by atoms with Crippen LogP contribution in [0.4, 0.5) is 4.39 Å². The van der Waals surface area contributed by atoms with Gasteiger partial charge < -0.3 is 15.2 Å². The van der Waals surface area contributed by atoms with E-state index >= 15 is 0 Å². The van der Waals surface area contributed by atoms with Gasteiger partial charge in [0, 0.05) is 11.1 Å². The van der Waals surface area contributed by atoms with E-state index in [-0.39, 0.29) is 18.5 Å². The molecule has 0 spiro atoms. The van der Waals surface area contributed by atoms with Crippen LogP contribution in [0.15, 0.2) is 18.2 Å². The van der Waals surface area contributed by atoms with Gasteiger partial charge in [-0.15, -0.1) is 0 Å². The Morgan fingerprint density at radius 2 is 2.11 bits per heavy atom. The number of hydrogen-bond acceptors (Lipinski definition) is 3. The molecule has 1 rings (SSSR count). The second-order valence-electron chi connectivity index (χ2n) is 4.19. The molecule has 3 N–H and O–H groups in total. The van der Waals surface area contributed by atoms with Crippen LogP contribution in [0.3, 0.4) is 0 Å². The minimum Gasteiger partial charge on any atom is -0.384 e. The molecule has 0 fully saturated rings. The zero-order valence-electron chi connectivity index (χ0n) is 10.7. The highest BCUT2D eigenvalue weighted by molar-refractivity contribution is 5.94. The molecule has 4 nitrogen and oxygen atoms in total. The topological polar surface area (TPSA) is 68.3 Å². The molecule has 1 aromatic rings. The van der Waals surface area contributed by atoms with Crippen LogP contribution in [0.5, 0.6) is 0 Å². The van der Waals surface area contributed by atoms with E-state index in [1.807, 2.05) is 13.8 Å². The Bertz CT molecular complexity index is 408. The fraction of sp³-hybridized carbons (Fsp3) is 0.462. The number of ether oxygens (including phenoxy) is 2. The fourth-order valence-corrected chi connectivity index (χ4v) is 1.36. The maximum absolute atomic E-state index is 13.6. The van der Waals surface area contributed by atoms with Gasteiger partial charge in [-0.05, 0) is 19.9 Å². The molecule has 0 saturated carbocycles. The summed E-state index contributed by atoms with van der Waals surface area (Å²) in [5.74, 6) is -0.556. The maximum atomic E-state index is 13.6. The van der Waals surface area contributed by atoms with Gasteiger partial charge in [-0.3, -0.25) is 5.41 Å². The molecule has 0 aliphatic rings. The van der Waals surface area contributed by atoms with Gasteiger partial charge in [0.25, 0.3) is 0 Å². The number of nitrogens with two attached hydrogens (primary N) is 1. The Kier molecular flexibility index (Phi) is 5.74. The second kappa shape index (κ2) is 7.08. The summed E-state index contributed by atoms with van der Waals surface area (Å²) in [6.07, 6.45) is 0.167. The predicted molar refractivity (Wildman–Crippen MR) is 68.2 cm³/mol. The lowest BCUT2D eigenvalue weighted by Gasteiger charge is -2.09. The Labute approximate surface area is 106 Å². The van der Waals surface area contributed by atoms with E-state index in [0.717, 1.165) is 0 Å². The van der Waals surface area contributed by atoms with Gasteiger partial charge in [-0.2, -0.15) is 0 Å². The van der Waals surface area contributed by atoms with Crippen molar-refractivity contribution in [1.82, 2.24) is 0 Å². The van der Waals surface area contributed by atoms with Crippen LogP contribution >= 0.6 is 0 Å². The van der Waals surface area contributed by atoms with E-state index in [1.54, 1.807) is 12.1 Å². The molecular formula is C13H19FN2O2. The summed E-state index contributed by atoms with van der Waals surface area (Å²) in [5, 5.41) is 7.20. The first-order valence-electron chi connectivity index (χ1n) is 5.83. The number of benzene rings is 1. The molecule has 0 unspecified atom stereocenters. The monoisotopic (exact) mass is 254 g/mol. The molecule has 100 valence electrons. The molecule has 0 aliphatic carbocycles. The fourth-order valence-electron chi connectivity index (χ4n) is 1.36. The first-order valence-corrected chi connectivity index (χ1v) is 5.83. The lowest BCUT2D eigenvalue weighted by atomic mass is 10.1. The molecule has 18 heavy (non-hydrogen) atoms. The standard InChI is InChI=1S/C13H19FN2O2/c1-9(2)18-6-5-17-8-11-4-3-10(13(15)16)7-12(11)14/h3-4,7,9H,5-6,8H2,1-2H3,(H3,15,16). The SMILES string of the molecule is CC(C)OCCOCc1ccc(C(=N)N)cc1F. The predicted octanol–water partition coefficient (Wildman–Crippen LogP) is 2.05. The van der Waals surface area contributed by atoms with Crippen molar-refractivity contribution in [2.24, 2.45) is 5.73 Å². The Morgan fingerprint density at radius 1 is 1.39 bits per heavy atom. The van der Waals surface area contributed by atoms with Crippen molar-refractivity contribution < 1.29 is 13.9 Å². The lowest BCUT2D eigenvalue weighted by Crippen LogP contribution is -2.12. The molecule has 0 saturated heterocycles. The normalized spacial score (nSPS) is 10.9. The quantitative estimate of drug-likeness (QED) is 0.444. The van der Waals surface area contributed by atoms with Crippen LogP contribution in [0.1, 0.15) is 25.0 Å². The molecule has 0 amide bonds. The highest BCUT2D eigenvalue weighted by Gasteiger charge is 2.05. The smallest absolute Gasteiger partial charge is 0.129 e. The molecule has 1 aromatic carbocycles. The van der Waals surface area contributed by atoms with Crippen LogP contribution in [0.25, 0.3) is 0 Å². The van der Waals surface area contributed by atoms with Crippen molar-refractivity contribution >= 4 is 5.84 Å². The molecule has 0 bridgehead atoms. The van der Waals surface area contributed by atoms with Gasteiger partial charge >= 0.3 is 0 Å².